The van der Waals surface area contributed by atoms with Crippen LogP contribution in [0.1, 0.15) is 33.6 Å². The van der Waals surface area contributed by atoms with Gasteiger partial charge in [0.05, 0.1) is 12.0 Å². The molecular formula is C17H35N3O2. The molecule has 0 bridgehead atoms. The molecule has 0 aromatic rings. The van der Waals surface area contributed by atoms with Crippen molar-refractivity contribution >= 4 is 5.91 Å². The average Bonchev–Trinajstić information content (AvgIpc) is 2.51. The highest BCUT2D eigenvalue weighted by molar-refractivity contribution is 5.83. The lowest BCUT2D eigenvalue weighted by Crippen LogP contribution is -2.54. The highest BCUT2D eigenvalue weighted by Gasteiger charge is 2.41. The van der Waals surface area contributed by atoms with Crippen LogP contribution in [0.2, 0.25) is 0 Å². The number of hydrogen-bond acceptors (Lipinski definition) is 4. The van der Waals surface area contributed by atoms with Crippen molar-refractivity contribution in [1.29, 1.82) is 0 Å². The van der Waals surface area contributed by atoms with E-state index in [4.69, 9.17) is 4.74 Å². The van der Waals surface area contributed by atoms with Gasteiger partial charge in [0.25, 0.3) is 0 Å². The minimum absolute atomic E-state index is 0.237. The van der Waals surface area contributed by atoms with Crippen LogP contribution >= 0.6 is 0 Å². The SMILES string of the molecule is CCN1CCC(CN(C)CCOC)(C(=O)NCC(C)C)CC1. The highest BCUT2D eigenvalue weighted by Crippen LogP contribution is 2.32. The highest BCUT2D eigenvalue weighted by atomic mass is 16.5. The van der Waals surface area contributed by atoms with Gasteiger partial charge in [-0.25, -0.2) is 0 Å². The summed E-state index contributed by atoms with van der Waals surface area (Å²) < 4.78 is 5.16. The summed E-state index contributed by atoms with van der Waals surface area (Å²) in [5, 5.41) is 3.17. The van der Waals surface area contributed by atoms with Crippen LogP contribution in [0.25, 0.3) is 0 Å². The molecule has 1 heterocycles. The van der Waals surface area contributed by atoms with E-state index < -0.39 is 0 Å². The molecule has 130 valence electrons. The van der Waals surface area contributed by atoms with Crippen LogP contribution in [0.15, 0.2) is 0 Å². The summed E-state index contributed by atoms with van der Waals surface area (Å²) >= 11 is 0. The monoisotopic (exact) mass is 313 g/mol. The Morgan fingerprint density at radius 3 is 2.50 bits per heavy atom. The molecular weight excluding hydrogens is 278 g/mol. The van der Waals surface area contributed by atoms with Crippen LogP contribution in [-0.4, -0.2) is 75.7 Å². The van der Waals surface area contributed by atoms with Gasteiger partial charge in [-0.3, -0.25) is 4.79 Å². The molecule has 0 unspecified atom stereocenters. The Hall–Kier alpha value is -0.650. The van der Waals surface area contributed by atoms with Crippen LogP contribution in [0.4, 0.5) is 0 Å². The second kappa shape index (κ2) is 9.48. The molecule has 0 aliphatic carbocycles. The second-order valence-electron chi connectivity index (χ2n) is 7.05. The number of amides is 1. The number of nitrogens with one attached hydrogen (secondary N) is 1. The van der Waals surface area contributed by atoms with Crippen LogP contribution < -0.4 is 5.32 Å². The van der Waals surface area contributed by atoms with E-state index in [1.165, 1.54) is 0 Å². The lowest BCUT2D eigenvalue weighted by atomic mass is 9.76. The fourth-order valence-corrected chi connectivity index (χ4v) is 3.08. The topological polar surface area (TPSA) is 44.8 Å². The summed E-state index contributed by atoms with van der Waals surface area (Å²) in [7, 11) is 3.81. The van der Waals surface area contributed by atoms with Crippen molar-refractivity contribution in [3.05, 3.63) is 0 Å². The molecule has 1 N–H and O–H groups in total. The maximum Gasteiger partial charge on any atom is 0.227 e. The number of methoxy groups -OCH3 is 1. The van der Waals surface area contributed by atoms with E-state index in [1.54, 1.807) is 7.11 Å². The fourth-order valence-electron chi connectivity index (χ4n) is 3.08. The summed E-state index contributed by atoms with van der Waals surface area (Å²) in [6, 6.07) is 0. The first-order chi connectivity index (χ1) is 10.4. The molecule has 1 aliphatic rings. The summed E-state index contributed by atoms with van der Waals surface area (Å²) in [6.45, 7) is 12.7. The Morgan fingerprint density at radius 1 is 1.36 bits per heavy atom. The molecule has 1 rings (SSSR count). The van der Waals surface area contributed by atoms with Crippen LogP contribution in [0.3, 0.4) is 0 Å². The number of piperidine rings is 1. The maximum absolute atomic E-state index is 12.8. The number of ether oxygens (including phenoxy) is 1. The van der Waals surface area contributed by atoms with Crippen molar-refractivity contribution in [2.75, 3.05) is 60.0 Å². The molecule has 5 nitrogen and oxygen atoms in total. The molecule has 1 fully saturated rings. The largest absolute Gasteiger partial charge is 0.383 e. The molecule has 1 amide bonds. The van der Waals surface area contributed by atoms with Gasteiger partial charge in [-0.05, 0) is 45.4 Å². The molecule has 0 aromatic carbocycles. The Labute approximate surface area is 136 Å². The van der Waals surface area contributed by atoms with E-state index in [2.05, 4.69) is 42.9 Å². The van der Waals surface area contributed by atoms with Crippen molar-refractivity contribution in [2.45, 2.75) is 33.6 Å². The molecule has 0 saturated carbocycles. The Morgan fingerprint density at radius 2 is 2.00 bits per heavy atom. The number of likely N-dealkylation sites (N-methyl/N-ethyl adjacent to an activating group) is 1. The fraction of sp³-hybridized carbons (Fsp3) is 0.941. The first kappa shape index (κ1) is 19.4. The lowest BCUT2D eigenvalue weighted by molar-refractivity contribution is -0.135. The third-order valence-corrected chi connectivity index (χ3v) is 4.66. The van der Waals surface area contributed by atoms with Crippen molar-refractivity contribution in [3.8, 4) is 0 Å². The van der Waals surface area contributed by atoms with E-state index in [0.717, 1.165) is 52.1 Å². The predicted molar refractivity (Wildman–Crippen MR) is 91.0 cm³/mol. The molecule has 0 spiro atoms. The minimum atomic E-state index is -0.247. The van der Waals surface area contributed by atoms with E-state index in [1.807, 2.05) is 0 Å². The summed E-state index contributed by atoms with van der Waals surface area (Å²) in [6.07, 6.45) is 1.89. The van der Waals surface area contributed by atoms with Crippen molar-refractivity contribution in [3.63, 3.8) is 0 Å². The van der Waals surface area contributed by atoms with Gasteiger partial charge in [0.15, 0.2) is 0 Å². The molecule has 0 atom stereocenters. The number of rotatable bonds is 9. The predicted octanol–water partition coefficient (Wildman–Crippen LogP) is 1.44. The van der Waals surface area contributed by atoms with Gasteiger partial charge >= 0.3 is 0 Å². The smallest absolute Gasteiger partial charge is 0.227 e. The van der Waals surface area contributed by atoms with Gasteiger partial charge < -0.3 is 19.9 Å². The Bertz CT molecular complexity index is 326. The summed E-state index contributed by atoms with van der Waals surface area (Å²) in [4.78, 5) is 17.5. The van der Waals surface area contributed by atoms with E-state index in [0.29, 0.717) is 12.5 Å². The van der Waals surface area contributed by atoms with Gasteiger partial charge in [0.1, 0.15) is 0 Å². The molecule has 0 aromatic heterocycles. The molecule has 1 aliphatic heterocycles. The summed E-state index contributed by atoms with van der Waals surface area (Å²) in [5.41, 5.74) is -0.247. The number of hydrogen-bond donors (Lipinski definition) is 1. The zero-order valence-electron chi connectivity index (χ0n) is 15.2. The van der Waals surface area contributed by atoms with Gasteiger partial charge in [0, 0.05) is 26.7 Å². The lowest BCUT2D eigenvalue weighted by Gasteiger charge is -2.42. The van der Waals surface area contributed by atoms with Crippen molar-refractivity contribution in [2.24, 2.45) is 11.3 Å². The van der Waals surface area contributed by atoms with Gasteiger partial charge in [-0.2, -0.15) is 0 Å². The van der Waals surface area contributed by atoms with Crippen LogP contribution in [0, 0.1) is 11.3 Å². The van der Waals surface area contributed by atoms with Gasteiger partial charge in [0.2, 0.25) is 5.91 Å². The standard InChI is InChI=1S/C17H35N3O2/c1-6-20-9-7-17(8-10-20,14-19(4)11-12-22-5)16(21)18-13-15(2)3/h15H,6-14H2,1-5H3,(H,18,21). The van der Waals surface area contributed by atoms with Crippen LogP contribution in [-0.2, 0) is 9.53 Å². The number of likely N-dealkylation sites (tertiary alicyclic amines) is 1. The van der Waals surface area contributed by atoms with E-state index in [9.17, 15) is 4.79 Å². The van der Waals surface area contributed by atoms with Crippen LogP contribution in [0.5, 0.6) is 0 Å². The van der Waals surface area contributed by atoms with Gasteiger partial charge in [-0.15, -0.1) is 0 Å². The minimum Gasteiger partial charge on any atom is -0.383 e. The Balaban J connectivity index is 2.70. The van der Waals surface area contributed by atoms with E-state index in [-0.39, 0.29) is 11.3 Å². The normalized spacial score (nSPS) is 18.9. The molecule has 22 heavy (non-hydrogen) atoms. The first-order valence-corrected chi connectivity index (χ1v) is 8.61. The maximum atomic E-state index is 12.8. The number of carbonyl (C=O) groups excluding carboxylic acids is 1. The zero-order chi connectivity index (χ0) is 16.6. The molecule has 5 heteroatoms. The average molecular weight is 313 g/mol. The number of carbonyl (C=O) groups is 1. The Kier molecular flexibility index (Phi) is 8.36. The molecule has 1 saturated heterocycles. The summed E-state index contributed by atoms with van der Waals surface area (Å²) in [5.74, 6) is 0.726. The van der Waals surface area contributed by atoms with Crippen molar-refractivity contribution < 1.29 is 9.53 Å². The zero-order valence-corrected chi connectivity index (χ0v) is 15.2. The second-order valence-corrected chi connectivity index (χ2v) is 7.05. The third kappa shape index (κ3) is 5.86. The van der Waals surface area contributed by atoms with E-state index >= 15 is 0 Å². The molecule has 0 radical (unpaired) electrons. The van der Waals surface area contributed by atoms with Gasteiger partial charge in [-0.1, -0.05) is 20.8 Å². The first-order valence-electron chi connectivity index (χ1n) is 8.61. The number of nitrogens with zero attached hydrogens (tertiary/aromatic N) is 2. The quantitative estimate of drug-likeness (QED) is 0.699. The van der Waals surface area contributed by atoms with Crippen molar-refractivity contribution in [1.82, 2.24) is 15.1 Å². The third-order valence-electron chi connectivity index (χ3n) is 4.66.